The third kappa shape index (κ3) is 5.14. The monoisotopic (exact) mass is 379 g/mol. The Labute approximate surface area is 166 Å². The molecule has 0 radical (unpaired) electrons. The molecular weight excluding hydrogens is 354 g/mol. The zero-order chi connectivity index (χ0) is 20.5. The molecule has 0 saturated carbocycles. The molecule has 2 aromatic rings. The molecule has 0 N–H and O–H groups in total. The molecular formula is C23H25NO4. The maximum absolute atomic E-state index is 12.1. The van der Waals surface area contributed by atoms with Gasteiger partial charge in [0.2, 0.25) is 0 Å². The number of nitrogens with zero attached hydrogens (tertiary/aromatic N) is 1. The molecule has 0 aromatic heterocycles. The minimum absolute atomic E-state index is 0.294. The summed E-state index contributed by atoms with van der Waals surface area (Å²) in [6.45, 7) is 3.86. The summed E-state index contributed by atoms with van der Waals surface area (Å²) in [6.07, 6.45) is 0.294. The number of allylic oxidation sites excluding steroid dienone is 1. The minimum atomic E-state index is -0.416. The van der Waals surface area contributed by atoms with Gasteiger partial charge in [0.25, 0.3) is 0 Å². The Hall–Kier alpha value is -3.26. The highest BCUT2D eigenvalue weighted by molar-refractivity contribution is 5.85. The number of ether oxygens (including phenoxy) is 3. The molecule has 0 aliphatic carbocycles. The lowest BCUT2D eigenvalue weighted by molar-refractivity contribution is -0.147. The highest BCUT2D eigenvalue weighted by Crippen LogP contribution is 2.32. The van der Waals surface area contributed by atoms with Crippen LogP contribution in [0.3, 0.4) is 0 Å². The lowest BCUT2D eigenvalue weighted by Crippen LogP contribution is -2.15. The van der Waals surface area contributed by atoms with Crippen LogP contribution in [0.25, 0.3) is 5.57 Å². The molecule has 0 spiro atoms. The van der Waals surface area contributed by atoms with Crippen LogP contribution in [0.2, 0.25) is 0 Å². The summed E-state index contributed by atoms with van der Waals surface area (Å²) in [4.78, 5) is 12.1. The van der Waals surface area contributed by atoms with Crippen LogP contribution in [0.15, 0.2) is 54.1 Å². The van der Waals surface area contributed by atoms with Gasteiger partial charge in [-0.3, -0.25) is 4.79 Å². The van der Waals surface area contributed by atoms with Gasteiger partial charge in [-0.25, -0.2) is 0 Å². The smallest absolute Gasteiger partial charge is 0.308 e. The normalized spacial score (nSPS) is 11.1. The van der Waals surface area contributed by atoms with E-state index in [2.05, 4.69) is 6.07 Å². The van der Waals surface area contributed by atoms with Gasteiger partial charge in [-0.05, 0) is 48.7 Å². The second-order valence-corrected chi connectivity index (χ2v) is 6.28. The lowest BCUT2D eigenvalue weighted by atomic mass is 9.89. The fourth-order valence-corrected chi connectivity index (χ4v) is 2.91. The van der Waals surface area contributed by atoms with Crippen molar-refractivity contribution in [3.05, 3.63) is 65.2 Å². The van der Waals surface area contributed by atoms with E-state index in [0.717, 1.165) is 28.2 Å². The SMILES string of the molecule is CCOC(=O)C(C)CC(C#N)=C(c1ccc(OC)cc1)c1ccc(OC)cc1. The van der Waals surface area contributed by atoms with E-state index in [0.29, 0.717) is 18.6 Å². The van der Waals surface area contributed by atoms with Crippen molar-refractivity contribution in [1.82, 2.24) is 0 Å². The molecule has 0 aliphatic rings. The Morgan fingerprint density at radius 2 is 1.43 bits per heavy atom. The van der Waals surface area contributed by atoms with Crippen molar-refractivity contribution in [2.75, 3.05) is 20.8 Å². The molecule has 1 atom stereocenters. The number of carbonyl (C=O) groups excluding carboxylic acids is 1. The molecule has 0 aliphatic heterocycles. The maximum Gasteiger partial charge on any atom is 0.308 e. The first-order valence-electron chi connectivity index (χ1n) is 9.12. The standard InChI is InChI=1S/C23H25NO4/c1-5-28-23(25)16(2)14-19(15-24)22(17-6-10-20(26-3)11-7-17)18-8-12-21(27-4)13-9-18/h6-13,16H,5,14H2,1-4H3. The number of benzene rings is 2. The summed E-state index contributed by atoms with van der Waals surface area (Å²) >= 11 is 0. The Kier molecular flexibility index (Phi) is 7.65. The first kappa shape index (κ1) is 21.0. The van der Waals surface area contributed by atoms with Crippen molar-refractivity contribution in [3.63, 3.8) is 0 Å². The Bertz CT molecular complexity index is 811. The Morgan fingerprint density at radius 3 is 1.79 bits per heavy atom. The van der Waals surface area contributed by atoms with Crippen LogP contribution in [0.1, 0.15) is 31.4 Å². The molecule has 28 heavy (non-hydrogen) atoms. The van der Waals surface area contributed by atoms with E-state index in [4.69, 9.17) is 14.2 Å². The number of esters is 1. The second-order valence-electron chi connectivity index (χ2n) is 6.28. The molecule has 0 saturated heterocycles. The average molecular weight is 379 g/mol. The largest absolute Gasteiger partial charge is 0.497 e. The number of hydrogen-bond donors (Lipinski definition) is 0. The first-order valence-corrected chi connectivity index (χ1v) is 9.12. The average Bonchev–Trinajstić information content (AvgIpc) is 2.74. The van der Waals surface area contributed by atoms with Gasteiger partial charge >= 0.3 is 5.97 Å². The third-order valence-electron chi connectivity index (χ3n) is 4.39. The molecule has 1 unspecified atom stereocenters. The van der Waals surface area contributed by atoms with Crippen LogP contribution in [0.4, 0.5) is 0 Å². The van der Waals surface area contributed by atoms with Crippen LogP contribution < -0.4 is 9.47 Å². The van der Waals surface area contributed by atoms with E-state index < -0.39 is 5.92 Å². The van der Waals surface area contributed by atoms with Gasteiger partial charge in [-0.2, -0.15) is 5.26 Å². The predicted molar refractivity (Wildman–Crippen MR) is 108 cm³/mol. The Balaban J connectivity index is 2.54. The summed E-state index contributed by atoms with van der Waals surface area (Å²) in [5, 5.41) is 9.87. The molecule has 0 heterocycles. The molecule has 2 rings (SSSR count). The van der Waals surface area contributed by atoms with E-state index in [1.165, 1.54) is 0 Å². The van der Waals surface area contributed by atoms with Crippen LogP contribution >= 0.6 is 0 Å². The molecule has 5 heteroatoms. The van der Waals surface area contributed by atoms with E-state index >= 15 is 0 Å². The van der Waals surface area contributed by atoms with Crippen LogP contribution in [-0.2, 0) is 9.53 Å². The number of rotatable bonds is 8. The summed E-state index contributed by atoms with van der Waals surface area (Å²) in [5.41, 5.74) is 3.05. The van der Waals surface area contributed by atoms with Gasteiger partial charge in [-0.1, -0.05) is 31.2 Å². The second kappa shape index (κ2) is 10.2. The topological polar surface area (TPSA) is 68.6 Å². The van der Waals surface area contributed by atoms with E-state index in [1.807, 2.05) is 48.5 Å². The van der Waals surface area contributed by atoms with E-state index in [-0.39, 0.29) is 5.97 Å². The number of carbonyl (C=O) groups is 1. The number of nitriles is 1. The van der Waals surface area contributed by atoms with Crippen molar-refractivity contribution in [1.29, 1.82) is 5.26 Å². The molecule has 146 valence electrons. The fourth-order valence-electron chi connectivity index (χ4n) is 2.91. The molecule has 0 bridgehead atoms. The van der Waals surface area contributed by atoms with Crippen LogP contribution in [-0.4, -0.2) is 26.8 Å². The van der Waals surface area contributed by atoms with Crippen molar-refractivity contribution >= 4 is 11.5 Å². The van der Waals surface area contributed by atoms with Gasteiger partial charge in [-0.15, -0.1) is 0 Å². The molecule has 0 amide bonds. The quantitative estimate of drug-likeness (QED) is 0.494. The highest BCUT2D eigenvalue weighted by Gasteiger charge is 2.20. The molecule has 5 nitrogen and oxygen atoms in total. The van der Waals surface area contributed by atoms with Gasteiger partial charge in [0, 0.05) is 11.1 Å². The fraction of sp³-hybridized carbons (Fsp3) is 0.304. The van der Waals surface area contributed by atoms with Gasteiger partial charge < -0.3 is 14.2 Å². The summed E-state index contributed by atoms with van der Waals surface area (Å²) < 4.78 is 15.6. The third-order valence-corrected chi connectivity index (χ3v) is 4.39. The maximum atomic E-state index is 12.1. The van der Waals surface area contributed by atoms with Crippen molar-refractivity contribution < 1.29 is 19.0 Å². The lowest BCUT2D eigenvalue weighted by Gasteiger charge is -2.16. The Morgan fingerprint density at radius 1 is 0.964 bits per heavy atom. The summed E-state index contributed by atoms with van der Waals surface area (Å²) in [5.74, 6) is 0.743. The molecule has 2 aromatic carbocycles. The minimum Gasteiger partial charge on any atom is -0.497 e. The van der Waals surface area contributed by atoms with Crippen molar-refractivity contribution in [2.45, 2.75) is 20.3 Å². The highest BCUT2D eigenvalue weighted by atomic mass is 16.5. The van der Waals surface area contributed by atoms with Crippen LogP contribution in [0, 0.1) is 17.2 Å². The van der Waals surface area contributed by atoms with Gasteiger partial charge in [0.05, 0.1) is 32.8 Å². The zero-order valence-corrected chi connectivity index (χ0v) is 16.7. The van der Waals surface area contributed by atoms with Crippen molar-refractivity contribution in [2.24, 2.45) is 5.92 Å². The number of hydrogen-bond acceptors (Lipinski definition) is 5. The number of methoxy groups -OCH3 is 2. The summed E-state index contributed by atoms with van der Waals surface area (Å²) in [7, 11) is 3.22. The zero-order valence-electron chi connectivity index (χ0n) is 16.7. The van der Waals surface area contributed by atoms with Gasteiger partial charge in [0.15, 0.2) is 0 Å². The van der Waals surface area contributed by atoms with Gasteiger partial charge in [0.1, 0.15) is 11.5 Å². The molecule has 0 fully saturated rings. The van der Waals surface area contributed by atoms with E-state index in [1.54, 1.807) is 28.1 Å². The van der Waals surface area contributed by atoms with E-state index in [9.17, 15) is 10.1 Å². The first-order chi connectivity index (χ1) is 13.5. The summed E-state index contributed by atoms with van der Waals surface area (Å²) in [6, 6.07) is 17.3. The van der Waals surface area contributed by atoms with Crippen LogP contribution in [0.5, 0.6) is 11.5 Å². The predicted octanol–water partition coefficient (Wildman–Crippen LogP) is 4.62. The van der Waals surface area contributed by atoms with Crippen molar-refractivity contribution in [3.8, 4) is 17.6 Å².